The van der Waals surface area contributed by atoms with Crippen LogP contribution in [-0.2, 0) is 6.54 Å². The van der Waals surface area contributed by atoms with Crippen molar-refractivity contribution >= 4 is 0 Å². The van der Waals surface area contributed by atoms with Crippen LogP contribution < -0.4 is 5.32 Å². The lowest BCUT2D eigenvalue weighted by Crippen LogP contribution is -2.45. The summed E-state index contributed by atoms with van der Waals surface area (Å²) in [4.78, 5) is 0. The van der Waals surface area contributed by atoms with Crippen LogP contribution in [0.15, 0.2) is 18.2 Å². The summed E-state index contributed by atoms with van der Waals surface area (Å²) in [5.41, 5.74) is 0.614. The molecule has 0 atom stereocenters. The first-order valence-corrected chi connectivity index (χ1v) is 6.23. The average molecular weight is 248 g/mol. The van der Waals surface area contributed by atoms with Gasteiger partial charge in [-0.15, -0.1) is 0 Å². The van der Waals surface area contributed by atoms with Gasteiger partial charge in [0.1, 0.15) is 5.82 Å². The first kappa shape index (κ1) is 13.0. The molecule has 0 saturated heterocycles. The highest BCUT2D eigenvalue weighted by Gasteiger charge is 2.32. The Balaban J connectivity index is 2.04. The zero-order valence-electron chi connectivity index (χ0n) is 10.2. The molecule has 1 aliphatic carbocycles. The number of rotatable bonds is 4. The van der Waals surface area contributed by atoms with Gasteiger partial charge in [-0.25, -0.2) is 4.39 Å². The summed E-state index contributed by atoms with van der Waals surface area (Å²) in [5.74, 6) is -0.368. The molecule has 1 saturated carbocycles. The van der Waals surface area contributed by atoms with Gasteiger partial charge in [-0.05, 0) is 25.0 Å². The van der Waals surface area contributed by atoms with E-state index >= 15 is 0 Å². The molecule has 0 aliphatic heterocycles. The zero-order valence-corrected chi connectivity index (χ0v) is 10.2. The van der Waals surface area contributed by atoms with E-state index in [0.29, 0.717) is 17.7 Å². The predicted molar refractivity (Wildman–Crippen MR) is 66.2 cm³/mol. The fourth-order valence-electron chi connectivity index (χ4n) is 2.49. The largest absolute Gasteiger partial charge is 0.394 e. The Morgan fingerprint density at radius 1 is 1.39 bits per heavy atom. The maximum Gasteiger partial charge on any atom is 0.129 e. The average Bonchev–Trinajstić information content (AvgIpc) is 2.86. The molecule has 0 spiro atoms. The fourth-order valence-corrected chi connectivity index (χ4v) is 2.49. The summed E-state index contributed by atoms with van der Waals surface area (Å²) in [7, 11) is 0. The minimum absolute atomic E-state index is 0.0882. The summed E-state index contributed by atoms with van der Waals surface area (Å²) < 4.78 is 13.7. The fraction of sp³-hybridized carbons (Fsp3) is 0.500. The molecular weight excluding hydrogens is 231 g/mol. The Morgan fingerprint density at radius 2 is 2.11 bits per heavy atom. The van der Waals surface area contributed by atoms with Gasteiger partial charge in [0.2, 0.25) is 0 Å². The highest BCUT2D eigenvalue weighted by Crippen LogP contribution is 2.29. The highest BCUT2D eigenvalue weighted by atomic mass is 19.1. The van der Waals surface area contributed by atoms with E-state index < -0.39 is 0 Å². The molecule has 4 heteroatoms. The molecule has 2 N–H and O–H groups in total. The molecule has 0 heterocycles. The van der Waals surface area contributed by atoms with Crippen molar-refractivity contribution in [2.75, 3.05) is 6.61 Å². The van der Waals surface area contributed by atoms with Crippen LogP contribution >= 0.6 is 0 Å². The maximum atomic E-state index is 13.7. The molecule has 0 radical (unpaired) electrons. The molecule has 0 bridgehead atoms. The Labute approximate surface area is 106 Å². The Kier molecular flexibility index (Phi) is 3.95. The number of hydrogen-bond donors (Lipinski definition) is 2. The number of nitrogens with zero attached hydrogens (tertiary/aromatic N) is 1. The summed E-state index contributed by atoms with van der Waals surface area (Å²) >= 11 is 0. The number of halogens is 1. The molecule has 1 fully saturated rings. The SMILES string of the molecule is N#Cc1ccc(CNC2(CO)CCCC2)c(F)c1. The van der Waals surface area contributed by atoms with Crippen LogP contribution in [0, 0.1) is 17.1 Å². The van der Waals surface area contributed by atoms with E-state index in [1.807, 2.05) is 6.07 Å². The zero-order chi connectivity index (χ0) is 13.0. The van der Waals surface area contributed by atoms with Gasteiger partial charge < -0.3 is 10.4 Å². The van der Waals surface area contributed by atoms with Crippen LogP contribution in [0.25, 0.3) is 0 Å². The van der Waals surface area contributed by atoms with Gasteiger partial charge in [0.15, 0.2) is 0 Å². The Bertz CT molecular complexity index is 461. The van der Waals surface area contributed by atoms with Crippen LogP contribution in [0.3, 0.4) is 0 Å². The van der Waals surface area contributed by atoms with Gasteiger partial charge in [0, 0.05) is 17.6 Å². The van der Waals surface area contributed by atoms with Gasteiger partial charge >= 0.3 is 0 Å². The lowest BCUT2D eigenvalue weighted by molar-refractivity contribution is 0.162. The molecule has 18 heavy (non-hydrogen) atoms. The second kappa shape index (κ2) is 5.47. The van der Waals surface area contributed by atoms with E-state index in [0.717, 1.165) is 25.7 Å². The number of hydrogen-bond acceptors (Lipinski definition) is 3. The minimum atomic E-state index is -0.368. The van der Waals surface area contributed by atoms with Gasteiger partial charge in [0.05, 0.1) is 18.2 Å². The molecule has 0 aromatic heterocycles. The van der Waals surface area contributed by atoms with Crippen molar-refractivity contribution in [1.82, 2.24) is 5.32 Å². The highest BCUT2D eigenvalue weighted by molar-refractivity contribution is 5.32. The lowest BCUT2D eigenvalue weighted by Gasteiger charge is -2.28. The molecule has 96 valence electrons. The van der Waals surface area contributed by atoms with E-state index in [1.54, 1.807) is 12.1 Å². The Morgan fingerprint density at radius 3 is 2.67 bits per heavy atom. The third-order valence-corrected chi connectivity index (χ3v) is 3.70. The van der Waals surface area contributed by atoms with Crippen LogP contribution in [0.1, 0.15) is 36.8 Å². The topological polar surface area (TPSA) is 56.0 Å². The maximum absolute atomic E-state index is 13.7. The normalized spacial score (nSPS) is 17.6. The molecule has 1 aromatic carbocycles. The first-order valence-electron chi connectivity index (χ1n) is 6.23. The van der Waals surface area contributed by atoms with Crippen molar-refractivity contribution in [2.45, 2.75) is 37.8 Å². The van der Waals surface area contributed by atoms with Crippen molar-refractivity contribution < 1.29 is 9.50 Å². The van der Waals surface area contributed by atoms with E-state index in [-0.39, 0.29) is 18.0 Å². The molecule has 0 unspecified atom stereocenters. The third kappa shape index (κ3) is 2.69. The van der Waals surface area contributed by atoms with E-state index in [1.165, 1.54) is 6.07 Å². The van der Waals surface area contributed by atoms with E-state index in [4.69, 9.17) is 5.26 Å². The first-order chi connectivity index (χ1) is 8.69. The van der Waals surface area contributed by atoms with Gasteiger partial charge in [0.25, 0.3) is 0 Å². The smallest absolute Gasteiger partial charge is 0.129 e. The number of benzene rings is 1. The van der Waals surface area contributed by atoms with Crippen molar-refractivity contribution in [3.05, 3.63) is 35.1 Å². The van der Waals surface area contributed by atoms with Gasteiger partial charge in [-0.2, -0.15) is 5.26 Å². The summed E-state index contributed by atoms with van der Waals surface area (Å²) in [6.45, 7) is 0.475. The summed E-state index contributed by atoms with van der Waals surface area (Å²) in [6.07, 6.45) is 4.07. The van der Waals surface area contributed by atoms with E-state index in [9.17, 15) is 9.50 Å². The number of aliphatic hydroxyl groups excluding tert-OH is 1. The molecule has 2 rings (SSSR count). The molecule has 1 aromatic rings. The van der Waals surface area contributed by atoms with Crippen LogP contribution in [0.4, 0.5) is 4.39 Å². The van der Waals surface area contributed by atoms with Crippen LogP contribution in [0.5, 0.6) is 0 Å². The number of aliphatic hydroxyl groups is 1. The molecule has 3 nitrogen and oxygen atoms in total. The number of nitriles is 1. The second-order valence-corrected chi connectivity index (χ2v) is 4.92. The summed E-state index contributed by atoms with van der Waals surface area (Å²) in [5, 5.41) is 21.4. The van der Waals surface area contributed by atoms with Crippen molar-refractivity contribution in [3.63, 3.8) is 0 Å². The van der Waals surface area contributed by atoms with Crippen molar-refractivity contribution in [1.29, 1.82) is 5.26 Å². The van der Waals surface area contributed by atoms with Gasteiger partial charge in [-0.1, -0.05) is 18.9 Å². The predicted octanol–water partition coefficient (Wildman–Crippen LogP) is 2.09. The van der Waals surface area contributed by atoms with Gasteiger partial charge in [-0.3, -0.25) is 0 Å². The molecule has 1 aliphatic rings. The minimum Gasteiger partial charge on any atom is -0.394 e. The quantitative estimate of drug-likeness (QED) is 0.857. The Hall–Kier alpha value is -1.44. The molecule has 0 amide bonds. The van der Waals surface area contributed by atoms with Crippen LogP contribution in [0.2, 0.25) is 0 Å². The van der Waals surface area contributed by atoms with Crippen molar-refractivity contribution in [3.8, 4) is 6.07 Å². The summed E-state index contributed by atoms with van der Waals surface area (Å²) in [6, 6.07) is 6.40. The lowest BCUT2D eigenvalue weighted by atomic mass is 9.98. The van der Waals surface area contributed by atoms with Crippen LogP contribution in [-0.4, -0.2) is 17.3 Å². The second-order valence-electron chi connectivity index (χ2n) is 4.92. The monoisotopic (exact) mass is 248 g/mol. The van der Waals surface area contributed by atoms with E-state index in [2.05, 4.69) is 5.32 Å². The third-order valence-electron chi connectivity index (χ3n) is 3.70. The molecular formula is C14H17FN2O. The van der Waals surface area contributed by atoms with Crippen molar-refractivity contribution in [2.24, 2.45) is 0 Å². The number of nitrogens with one attached hydrogen (secondary N) is 1. The standard InChI is InChI=1S/C14H17FN2O/c15-13-7-11(8-16)3-4-12(13)9-17-14(10-18)5-1-2-6-14/h3-4,7,17-18H,1-2,5-6,9-10H2.